The average molecular weight is 454 g/mol. The molecule has 168 valence electrons. The highest BCUT2D eigenvalue weighted by atomic mass is 32.2. The molecule has 0 saturated carbocycles. The molecule has 2 amide bonds. The molecule has 2 fully saturated rings. The van der Waals surface area contributed by atoms with Crippen molar-refractivity contribution in [1.82, 2.24) is 19.2 Å². The number of carbonyl (C=O) groups is 1. The number of nitrogens with one attached hydrogen (secondary N) is 2. The summed E-state index contributed by atoms with van der Waals surface area (Å²) in [5.74, 6) is 0.317. The van der Waals surface area contributed by atoms with Crippen LogP contribution in [0.5, 0.6) is 0 Å². The number of rotatable bonds is 4. The summed E-state index contributed by atoms with van der Waals surface area (Å²) in [6.07, 6.45) is 5.33. The summed E-state index contributed by atoms with van der Waals surface area (Å²) >= 11 is 0. The molecule has 8 nitrogen and oxygen atoms in total. The zero-order valence-corrected chi connectivity index (χ0v) is 18.8. The maximum absolute atomic E-state index is 13.1. The van der Waals surface area contributed by atoms with Gasteiger partial charge in [0.2, 0.25) is 10.0 Å². The standard InChI is InChI=1S/C23H27N5O3S/c1-16-5-2-3-7-21(16)26-23(29)27-14-18(15-27)32(30,31)28-11-8-17(9-12-28)20-13-25-22-19(20)6-4-10-24-22/h2-7,10,13,17-18H,8-9,11-12,14-15H2,1H3,(H,24,25)(H,26,29). The number of urea groups is 1. The number of amides is 2. The van der Waals surface area contributed by atoms with Crippen LogP contribution in [0, 0.1) is 6.92 Å². The summed E-state index contributed by atoms with van der Waals surface area (Å²) in [4.78, 5) is 21.6. The van der Waals surface area contributed by atoms with Crippen LogP contribution in [-0.2, 0) is 10.0 Å². The zero-order valence-electron chi connectivity index (χ0n) is 18.0. The lowest BCUT2D eigenvalue weighted by atomic mass is 9.90. The van der Waals surface area contributed by atoms with Crippen LogP contribution in [0.4, 0.5) is 10.5 Å². The molecule has 2 aliphatic rings. The van der Waals surface area contributed by atoms with E-state index in [9.17, 15) is 13.2 Å². The van der Waals surface area contributed by atoms with Gasteiger partial charge in [0.15, 0.2) is 0 Å². The molecule has 3 aromatic rings. The van der Waals surface area contributed by atoms with Crippen LogP contribution in [0.1, 0.15) is 29.9 Å². The predicted molar refractivity (Wildman–Crippen MR) is 124 cm³/mol. The van der Waals surface area contributed by atoms with Gasteiger partial charge in [-0.15, -0.1) is 0 Å². The highest BCUT2D eigenvalue weighted by Gasteiger charge is 2.43. The summed E-state index contributed by atoms with van der Waals surface area (Å²) in [7, 11) is -3.42. The van der Waals surface area contributed by atoms with Crippen molar-refractivity contribution in [3.8, 4) is 0 Å². The van der Waals surface area contributed by atoms with Crippen LogP contribution in [0.3, 0.4) is 0 Å². The highest BCUT2D eigenvalue weighted by Crippen LogP contribution is 2.34. The number of fused-ring (bicyclic) bond motifs is 1. The van der Waals surface area contributed by atoms with Crippen molar-refractivity contribution in [3.05, 3.63) is 59.9 Å². The number of anilines is 1. The predicted octanol–water partition coefficient (Wildman–Crippen LogP) is 3.30. The van der Waals surface area contributed by atoms with E-state index in [1.807, 2.05) is 43.5 Å². The van der Waals surface area contributed by atoms with Crippen molar-refractivity contribution < 1.29 is 13.2 Å². The van der Waals surface area contributed by atoms with Gasteiger partial charge in [-0.2, -0.15) is 0 Å². The Morgan fingerprint density at radius 2 is 1.88 bits per heavy atom. The molecule has 2 N–H and O–H groups in total. The Labute approximate surface area is 187 Å². The first-order valence-electron chi connectivity index (χ1n) is 11.0. The molecule has 0 atom stereocenters. The Balaban J connectivity index is 1.17. The Bertz CT molecular complexity index is 1240. The molecule has 0 spiro atoms. The summed E-state index contributed by atoms with van der Waals surface area (Å²) < 4.78 is 27.8. The van der Waals surface area contributed by atoms with Crippen LogP contribution in [0.15, 0.2) is 48.8 Å². The van der Waals surface area contributed by atoms with Gasteiger partial charge in [-0.1, -0.05) is 18.2 Å². The number of aromatic nitrogens is 2. The molecule has 0 unspecified atom stereocenters. The lowest BCUT2D eigenvalue weighted by molar-refractivity contribution is 0.179. The fourth-order valence-corrected chi connectivity index (χ4v) is 6.52. The van der Waals surface area contributed by atoms with Gasteiger partial charge in [0.05, 0.1) is 0 Å². The fourth-order valence-electron chi connectivity index (χ4n) is 4.65. The number of sulfonamides is 1. The van der Waals surface area contributed by atoms with Crippen LogP contribution >= 0.6 is 0 Å². The molecule has 2 aliphatic heterocycles. The number of carbonyl (C=O) groups excluding carboxylic acids is 1. The molecular formula is C23H27N5O3S. The number of aryl methyl sites for hydroxylation is 1. The minimum atomic E-state index is -3.42. The first-order chi connectivity index (χ1) is 15.4. The van der Waals surface area contributed by atoms with Gasteiger partial charge < -0.3 is 15.2 Å². The molecular weight excluding hydrogens is 426 g/mol. The number of nitrogens with zero attached hydrogens (tertiary/aromatic N) is 3. The van der Waals surface area contributed by atoms with E-state index in [0.717, 1.165) is 35.1 Å². The molecule has 5 rings (SSSR count). The van der Waals surface area contributed by atoms with Gasteiger partial charge in [0.25, 0.3) is 0 Å². The quantitative estimate of drug-likeness (QED) is 0.633. The second kappa shape index (κ2) is 8.22. The van der Waals surface area contributed by atoms with Gasteiger partial charge in [-0.05, 0) is 55.0 Å². The van der Waals surface area contributed by atoms with Crippen molar-refractivity contribution in [2.75, 3.05) is 31.5 Å². The average Bonchev–Trinajstić information content (AvgIpc) is 3.18. The second-order valence-corrected chi connectivity index (χ2v) is 10.8. The number of likely N-dealkylation sites (tertiary alicyclic amines) is 1. The molecule has 0 bridgehead atoms. The lowest BCUT2D eigenvalue weighted by Crippen LogP contribution is -2.61. The van der Waals surface area contributed by atoms with E-state index in [1.54, 1.807) is 15.4 Å². The normalized spacial score (nSPS) is 18.6. The van der Waals surface area contributed by atoms with Gasteiger partial charge in [0, 0.05) is 49.6 Å². The van der Waals surface area contributed by atoms with Gasteiger partial charge in [-0.3, -0.25) is 0 Å². The number of hydrogen-bond donors (Lipinski definition) is 2. The maximum atomic E-state index is 13.1. The molecule has 1 aromatic carbocycles. The van der Waals surface area contributed by atoms with Gasteiger partial charge >= 0.3 is 6.03 Å². The van der Waals surface area contributed by atoms with E-state index in [2.05, 4.69) is 21.4 Å². The summed E-state index contributed by atoms with van der Waals surface area (Å²) in [6, 6.07) is 11.3. The Morgan fingerprint density at radius 1 is 1.12 bits per heavy atom. The number of piperidine rings is 1. The molecule has 4 heterocycles. The van der Waals surface area contributed by atoms with E-state index >= 15 is 0 Å². The Hall–Kier alpha value is -2.91. The molecule has 32 heavy (non-hydrogen) atoms. The zero-order chi connectivity index (χ0) is 22.3. The van der Waals surface area contributed by atoms with E-state index < -0.39 is 15.3 Å². The van der Waals surface area contributed by atoms with Crippen molar-refractivity contribution in [1.29, 1.82) is 0 Å². The first-order valence-corrected chi connectivity index (χ1v) is 12.5. The number of H-pyrrole nitrogens is 1. The van der Waals surface area contributed by atoms with E-state index in [0.29, 0.717) is 19.0 Å². The third kappa shape index (κ3) is 3.75. The molecule has 9 heteroatoms. The van der Waals surface area contributed by atoms with E-state index in [-0.39, 0.29) is 19.1 Å². The van der Waals surface area contributed by atoms with Crippen molar-refractivity contribution in [2.45, 2.75) is 30.9 Å². The molecule has 0 aliphatic carbocycles. The summed E-state index contributed by atoms with van der Waals surface area (Å²) in [6.45, 7) is 3.40. The number of pyridine rings is 1. The largest absolute Gasteiger partial charge is 0.346 e. The van der Waals surface area contributed by atoms with Crippen molar-refractivity contribution >= 4 is 32.8 Å². The minimum Gasteiger partial charge on any atom is -0.346 e. The first kappa shape index (κ1) is 21.0. The number of aromatic amines is 1. The molecule has 2 saturated heterocycles. The Morgan fingerprint density at radius 3 is 2.62 bits per heavy atom. The third-order valence-corrected chi connectivity index (χ3v) is 8.91. The summed E-state index contributed by atoms with van der Waals surface area (Å²) in [5, 5.41) is 3.46. The van der Waals surface area contributed by atoms with Gasteiger partial charge in [0.1, 0.15) is 10.9 Å². The van der Waals surface area contributed by atoms with Crippen molar-refractivity contribution in [2.24, 2.45) is 0 Å². The van der Waals surface area contributed by atoms with Gasteiger partial charge in [-0.25, -0.2) is 22.5 Å². The van der Waals surface area contributed by atoms with Crippen LogP contribution in [-0.4, -0.2) is 65.1 Å². The SMILES string of the molecule is Cc1ccccc1NC(=O)N1CC(S(=O)(=O)N2CCC(c3c[nH]c4ncccc34)CC2)C1. The van der Waals surface area contributed by atoms with E-state index in [4.69, 9.17) is 0 Å². The number of hydrogen-bond acceptors (Lipinski definition) is 4. The van der Waals surface area contributed by atoms with Crippen LogP contribution in [0.25, 0.3) is 11.0 Å². The number of para-hydroxylation sites is 1. The topological polar surface area (TPSA) is 98.4 Å². The smallest absolute Gasteiger partial charge is 0.321 e. The van der Waals surface area contributed by atoms with E-state index in [1.165, 1.54) is 5.56 Å². The fraction of sp³-hybridized carbons (Fsp3) is 0.391. The Kier molecular flexibility index (Phi) is 5.38. The lowest BCUT2D eigenvalue weighted by Gasteiger charge is -2.42. The summed E-state index contributed by atoms with van der Waals surface area (Å²) in [5.41, 5.74) is 3.81. The monoisotopic (exact) mass is 453 g/mol. The molecule has 2 aromatic heterocycles. The number of benzene rings is 1. The second-order valence-electron chi connectivity index (χ2n) is 8.63. The van der Waals surface area contributed by atoms with Crippen molar-refractivity contribution in [3.63, 3.8) is 0 Å². The minimum absolute atomic E-state index is 0.230. The maximum Gasteiger partial charge on any atom is 0.321 e. The highest BCUT2D eigenvalue weighted by molar-refractivity contribution is 7.89. The third-order valence-electron chi connectivity index (χ3n) is 6.68. The molecule has 0 radical (unpaired) electrons. The van der Waals surface area contributed by atoms with Crippen LogP contribution < -0.4 is 5.32 Å². The van der Waals surface area contributed by atoms with Crippen LogP contribution in [0.2, 0.25) is 0 Å².